The number of carbonyl (C=O) groups is 3. The van der Waals surface area contributed by atoms with Crippen LogP contribution in [0.2, 0.25) is 10.0 Å². The predicted octanol–water partition coefficient (Wildman–Crippen LogP) is 4.58. The molecule has 2 aromatic rings. The van der Waals surface area contributed by atoms with Crippen LogP contribution >= 0.6 is 23.2 Å². The van der Waals surface area contributed by atoms with Gasteiger partial charge in [0.1, 0.15) is 0 Å². The van der Waals surface area contributed by atoms with Gasteiger partial charge in [-0.2, -0.15) is 5.01 Å². The Balaban J connectivity index is 1.55. The van der Waals surface area contributed by atoms with Gasteiger partial charge in [0, 0.05) is 5.02 Å². The van der Waals surface area contributed by atoms with Crippen LogP contribution in [0.25, 0.3) is 0 Å². The Morgan fingerprint density at radius 2 is 1.47 bits per heavy atom. The van der Waals surface area contributed by atoms with E-state index in [0.717, 1.165) is 24.3 Å². The van der Waals surface area contributed by atoms with E-state index >= 15 is 0 Å². The number of imide groups is 1. The number of hydrogen-bond donors (Lipinski definition) is 0. The molecule has 1 heterocycles. The van der Waals surface area contributed by atoms with Crippen LogP contribution in [0.3, 0.4) is 0 Å². The smallest absolute Gasteiger partial charge is 0.272 e. The predicted molar refractivity (Wildman–Crippen MR) is 112 cm³/mol. The molecule has 3 fully saturated rings. The Morgan fingerprint density at radius 1 is 0.900 bits per heavy atom. The minimum absolute atomic E-state index is 0.00990. The highest BCUT2D eigenvalue weighted by molar-refractivity contribution is 6.34. The van der Waals surface area contributed by atoms with E-state index in [9.17, 15) is 14.4 Å². The third kappa shape index (κ3) is 2.95. The molecule has 30 heavy (non-hydrogen) atoms. The van der Waals surface area contributed by atoms with Gasteiger partial charge in [0.15, 0.2) is 0 Å². The fraction of sp³-hybridized carbons (Fsp3) is 0.348. The summed E-state index contributed by atoms with van der Waals surface area (Å²) < 4.78 is 0. The first-order valence-electron chi connectivity index (χ1n) is 10.1. The van der Waals surface area contributed by atoms with Gasteiger partial charge in [-0.15, -0.1) is 0 Å². The van der Waals surface area contributed by atoms with Gasteiger partial charge in [0.05, 0.1) is 29.0 Å². The molecule has 0 spiro atoms. The van der Waals surface area contributed by atoms with E-state index in [2.05, 4.69) is 0 Å². The molecule has 0 radical (unpaired) electrons. The third-order valence-electron chi connectivity index (χ3n) is 6.76. The van der Waals surface area contributed by atoms with Crippen LogP contribution in [0.1, 0.15) is 35.2 Å². The standard InChI is InChI=1S/C23H20Cl2N2O3/c24-17-7-3-1-5-15(17)12-26(21(28)16-6-2-4-8-18(16)25)27-22(29)19-13-9-10-14(11-13)20(19)23(27)30/h1-8,13-14,19-20H,9-12H2/t13-,14-,19-,20-/m0/s1. The van der Waals surface area contributed by atoms with E-state index < -0.39 is 5.91 Å². The number of nitrogens with zero attached hydrogens (tertiary/aromatic N) is 2. The largest absolute Gasteiger partial charge is 0.274 e. The van der Waals surface area contributed by atoms with Crippen molar-refractivity contribution >= 4 is 40.9 Å². The topological polar surface area (TPSA) is 57.7 Å². The van der Waals surface area contributed by atoms with Crippen molar-refractivity contribution in [1.82, 2.24) is 10.0 Å². The van der Waals surface area contributed by atoms with Crippen molar-refractivity contribution in [2.24, 2.45) is 23.7 Å². The van der Waals surface area contributed by atoms with Gasteiger partial charge in [-0.05, 0) is 54.9 Å². The van der Waals surface area contributed by atoms with Gasteiger partial charge >= 0.3 is 0 Å². The number of hydrazine groups is 1. The molecule has 5 rings (SSSR count). The molecule has 7 heteroatoms. The van der Waals surface area contributed by atoms with Crippen LogP contribution in [-0.2, 0) is 16.1 Å². The molecule has 2 saturated carbocycles. The van der Waals surface area contributed by atoms with E-state index in [4.69, 9.17) is 23.2 Å². The number of carbonyl (C=O) groups excluding carboxylic acids is 3. The van der Waals surface area contributed by atoms with Crippen molar-refractivity contribution in [2.75, 3.05) is 0 Å². The Labute approximate surface area is 184 Å². The molecule has 3 amide bonds. The highest BCUT2D eigenvalue weighted by atomic mass is 35.5. The zero-order valence-corrected chi connectivity index (χ0v) is 17.6. The van der Waals surface area contributed by atoms with E-state index in [1.165, 1.54) is 5.01 Å². The summed E-state index contributed by atoms with van der Waals surface area (Å²) in [5.41, 5.74) is 0.895. The molecule has 0 N–H and O–H groups in total. The van der Waals surface area contributed by atoms with Crippen molar-refractivity contribution in [3.63, 3.8) is 0 Å². The molecule has 2 bridgehead atoms. The van der Waals surface area contributed by atoms with Crippen LogP contribution in [0.5, 0.6) is 0 Å². The normalized spacial score (nSPS) is 26.9. The summed E-state index contributed by atoms with van der Waals surface area (Å²) in [6.07, 6.45) is 2.88. The van der Waals surface area contributed by atoms with Crippen molar-refractivity contribution in [3.8, 4) is 0 Å². The van der Waals surface area contributed by atoms with E-state index in [1.807, 2.05) is 6.07 Å². The molecule has 0 aromatic heterocycles. The Hall–Kier alpha value is -2.37. The molecule has 154 valence electrons. The number of benzene rings is 2. The van der Waals surface area contributed by atoms with Crippen LogP contribution in [0.4, 0.5) is 0 Å². The molecule has 3 aliphatic rings. The van der Waals surface area contributed by atoms with E-state index in [0.29, 0.717) is 10.6 Å². The second-order valence-electron chi connectivity index (χ2n) is 8.31. The fourth-order valence-corrected chi connectivity index (χ4v) is 5.84. The lowest BCUT2D eigenvalue weighted by Crippen LogP contribution is -2.50. The van der Waals surface area contributed by atoms with Crippen LogP contribution in [-0.4, -0.2) is 27.7 Å². The fourth-order valence-electron chi connectivity index (χ4n) is 5.43. The monoisotopic (exact) mass is 442 g/mol. The molecule has 1 aliphatic heterocycles. The average molecular weight is 443 g/mol. The van der Waals surface area contributed by atoms with Crippen LogP contribution in [0.15, 0.2) is 48.5 Å². The maximum absolute atomic E-state index is 13.5. The number of rotatable bonds is 4. The van der Waals surface area contributed by atoms with Gasteiger partial charge in [-0.1, -0.05) is 53.5 Å². The van der Waals surface area contributed by atoms with Crippen molar-refractivity contribution in [1.29, 1.82) is 0 Å². The summed E-state index contributed by atoms with van der Waals surface area (Å²) >= 11 is 12.6. The Kier molecular flexibility index (Phi) is 4.83. The van der Waals surface area contributed by atoms with Gasteiger partial charge in [-0.25, -0.2) is 5.01 Å². The zero-order chi connectivity index (χ0) is 21.0. The molecular formula is C23H20Cl2N2O3. The van der Waals surface area contributed by atoms with Crippen LogP contribution in [0, 0.1) is 23.7 Å². The lowest BCUT2D eigenvalue weighted by Gasteiger charge is -2.31. The summed E-state index contributed by atoms with van der Waals surface area (Å²) in [5, 5.41) is 3.04. The number of halogens is 2. The third-order valence-corrected chi connectivity index (χ3v) is 7.46. The molecule has 0 unspecified atom stereocenters. The maximum Gasteiger partial charge on any atom is 0.274 e. The highest BCUT2D eigenvalue weighted by Crippen LogP contribution is 2.56. The molecule has 2 aromatic carbocycles. The summed E-state index contributed by atoms with van der Waals surface area (Å²) in [6.45, 7) is 0.00990. The van der Waals surface area contributed by atoms with Crippen LogP contribution < -0.4 is 0 Å². The van der Waals surface area contributed by atoms with E-state index in [1.54, 1.807) is 42.5 Å². The SMILES string of the molecule is O=C(c1ccccc1Cl)N(Cc1ccccc1Cl)N1C(=O)[C@H]2[C@H]3CC[C@@H](C3)[C@@H]2C1=O. The first kappa shape index (κ1) is 19.6. The second kappa shape index (κ2) is 7.40. The van der Waals surface area contributed by atoms with Crippen molar-refractivity contribution < 1.29 is 14.4 Å². The average Bonchev–Trinajstić information content (AvgIpc) is 3.42. The summed E-state index contributed by atoms with van der Waals surface area (Å²) in [7, 11) is 0. The highest BCUT2D eigenvalue weighted by Gasteiger charge is 2.62. The minimum atomic E-state index is -0.491. The van der Waals surface area contributed by atoms with Crippen molar-refractivity contribution in [3.05, 3.63) is 69.7 Å². The van der Waals surface area contributed by atoms with E-state index in [-0.39, 0.29) is 52.6 Å². The van der Waals surface area contributed by atoms with Crippen molar-refractivity contribution in [2.45, 2.75) is 25.8 Å². The lowest BCUT2D eigenvalue weighted by atomic mass is 9.81. The molecule has 5 nitrogen and oxygen atoms in total. The first-order chi connectivity index (χ1) is 14.5. The molecule has 1 saturated heterocycles. The number of amides is 3. The molecular weight excluding hydrogens is 423 g/mol. The van der Waals surface area contributed by atoms with Gasteiger partial charge < -0.3 is 0 Å². The van der Waals surface area contributed by atoms with Gasteiger partial charge in [0.25, 0.3) is 17.7 Å². The van der Waals surface area contributed by atoms with Gasteiger partial charge in [-0.3, -0.25) is 14.4 Å². The summed E-state index contributed by atoms with van der Waals surface area (Å²) in [4.78, 5) is 40.2. The number of hydrogen-bond acceptors (Lipinski definition) is 3. The summed E-state index contributed by atoms with van der Waals surface area (Å²) in [5.74, 6) is -1.20. The Bertz CT molecular complexity index is 1030. The Morgan fingerprint density at radius 3 is 2.07 bits per heavy atom. The molecule has 2 aliphatic carbocycles. The number of fused-ring (bicyclic) bond motifs is 5. The second-order valence-corrected chi connectivity index (χ2v) is 9.12. The van der Waals surface area contributed by atoms with Gasteiger partial charge in [0.2, 0.25) is 0 Å². The quantitative estimate of drug-likeness (QED) is 0.650. The molecule has 4 atom stereocenters. The summed E-state index contributed by atoms with van der Waals surface area (Å²) in [6, 6.07) is 13.7. The first-order valence-corrected chi connectivity index (χ1v) is 10.9. The minimum Gasteiger partial charge on any atom is -0.272 e. The maximum atomic E-state index is 13.5. The zero-order valence-electron chi connectivity index (χ0n) is 16.1. The lowest BCUT2D eigenvalue weighted by molar-refractivity contribution is -0.156.